The molecule has 250 valence electrons. The molecule has 6 nitrogen and oxygen atoms in total. The van der Waals surface area contributed by atoms with Crippen LogP contribution in [0.3, 0.4) is 0 Å². The molecule has 0 spiro atoms. The smallest absolute Gasteiger partial charge is 0.137 e. The van der Waals surface area contributed by atoms with Gasteiger partial charge in [0, 0.05) is 10.8 Å². The average molecular weight is 663 g/mol. The highest BCUT2D eigenvalue weighted by atomic mass is 32.1. The molecule has 0 atom stereocenters. The fourth-order valence-corrected chi connectivity index (χ4v) is 7.72. The van der Waals surface area contributed by atoms with Crippen LogP contribution in [0, 0.1) is 0 Å². The molecule has 0 bridgehead atoms. The highest BCUT2D eigenvalue weighted by Crippen LogP contribution is 2.47. The van der Waals surface area contributed by atoms with E-state index < -0.39 is 0 Å². The minimum absolute atomic E-state index is 0.681. The first-order valence-electron chi connectivity index (χ1n) is 18.3. The van der Waals surface area contributed by atoms with E-state index in [0.29, 0.717) is 13.2 Å². The molecule has 2 heterocycles. The summed E-state index contributed by atoms with van der Waals surface area (Å²) in [6.07, 6.45) is 26.1. The van der Waals surface area contributed by atoms with Crippen LogP contribution in [0.15, 0.2) is 24.3 Å². The van der Waals surface area contributed by atoms with Gasteiger partial charge in [-0.25, -0.2) is 0 Å². The SMILES string of the molecule is CCCCCCCCCCCCOc1c2ccc3nsnc3c2c(OCCCCCCCCCCCC)c2ccc3nsnc3c12. The predicted octanol–water partition coefficient (Wildman–Crippen LogP) is 12.6. The van der Waals surface area contributed by atoms with Crippen molar-refractivity contribution in [2.45, 2.75) is 142 Å². The Balaban J connectivity index is 1.28. The van der Waals surface area contributed by atoms with E-state index in [4.69, 9.17) is 18.2 Å². The molecule has 0 fully saturated rings. The number of unbranched alkanes of at least 4 members (excludes halogenated alkanes) is 18. The minimum atomic E-state index is 0.681. The molecule has 0 aliphatic rings. The number of hydrogen-bond acceptors (Lipinski definition) is 8. The van der Waals surface area contributed by atoms with Gasteiger partial charge in [0.25, 0.3) is 0 Å². The summed E-state index contributed by atoms with van der Waals surface area (Å²) < 4.78 is 32.0. The summed E-state index contributed by atoms with van der Waals surface area (Å²) in [6.45, 7) is 5.92. The Bertz CT molecular complexity index is 1490. The lowest BCUT2D eigenvalue weighted by Crippen LogP contribution is -2.03. The van der Waals surface area contributed by atoms with Gasteiger partial charge in [0.05, 0.1) is 47.4 Å². The molecule has 46 heavy (non-hydrogen) atoms. The fraction of sp³-hybridized carbons (Fsp3) is 0.632. The summed E-state index contributed by atoms with van der Waals surface area (Å²) in [5.41, 5.74) is 3.58. The van der Waals surface area contributed by atoms with Crippen molar-refractivity contribution in [2.75, 3.05) is 13.2 Å². The number of aromatic nitrogens is 4. The summed E-state index contributed by atoms with van der Waals surface area (Å²) in [4.78, 5) is 0. The van der Waals surface area contributed by atoms with Gasteiger partial charge in [-0.15, -0.1) is 0 Å². The van der Waals surface area contributed by atoms with Crippen molar-refractivity contribution in [3.63, 3.8) is 0 Å². The average Bonchev–Trinajstić information content (AvgIpc) is 3.76. The largest absolute Gasteiger partial charge is 0.492 e. The van der Waals surface area contributed by atoms with Gasteiger partial charge in [-0.3, -0.25) is 0 Å². The number of benzene rings is 3. The number of rotatable bonds is 24. The molecule has 5 rings (SSSR count). The highest BCUT2D eigenvalue weighted by Gasteiger charge is 2.23. The molecule has 3 aromatic carbocycles. The zero-order chi connectivity index (χ0) is 31.8. The van der Waals surface area contributed by atoms with Crippen molar-refractivity contribution < 1.29 is 9.47 Å². The van der Waals surface area contributed by atoms with Crippen LogP contribution in [0.2, 0.25) is 0 Å². The lowest BCUT2D eigenvalue weighted by atomic mass is 9.98. The van der Waals surface area contributed by atoms with Gasteiger partial charge in [0.2, 0.25) is 0 Å². The third-order valence-corrected chi connectivity index (χ3v) is 10.4. The fourth-order valence-electron chi connectivity index (χ4n) is 6.64. The predicted molar refractivity (Wildman–Crippen MR) is 198 cm³/mol. The third-order valence-electron chi connectivity index (χ3n) is 9.29. The van der Waals surface area contributed by atoms with Crippen molar-refractivity contribution in [2.24, 2.45) is 0 Å². The molecule has 0 saturated heterocycles. The molecular formula is C38H54N4O2S2. The second-order valence-corrected chi connectivity index (χ2v) is 14.0. The standard InChI is InChI=1S/C38H54N4O2S2/c1-3-5-7-9-11-13-15-17-19-21-27-43-37-29-23-25-32-36(42-46-40-32)34(29)38(30-24-26-31-35(33(30)37)41-45-39-31)44-28-22-20-18-16-14-12-10-8-6-4-2/h23-26H,3-22,27-28H2,1-2H3. The van der Waals surface area contributed by atoms with Crippen LogP contribution >= 0.6 is 23.5 Å². The van der Waals surface area contributed by atoms with Crippen LogP contribution < -0.4 is 9.47 Å². The van der Waals surface area contributed by atoms with Gasteiger partial charge in [0.15, 0.2) is 0 Å². The molecule has 0 N–H and O–H groups in total. The lowest BCUT2D eigenvalue weighted by molar-refractivity contribution is 0.306. The van der Waals surface area contributed by atoms with Crippen LogP contribution in [0.5, 0.6) is 11.5 Å². The third kappa shape index (κ3) is 9.27. The van der Waals surface area contributed by atoms with E-state index in [1.165, 1.54) is 139 Å². The molecule has 8 heteroatoms. The van der Waals surface area contributed by atoms with Crippen molar-refractivity contribution in [1.82, 2.24) is 17.5 Å². The van der Waals surface area contributed by atoms with E-state index >= 15 is 0 Å². The van der Waals surface area contributed by atoms with E-state index in [1.807, 2.05) is 0 Å². The summed E-state index contributed by atoms with van der Waals surface area (Å²) in [5, 5.41) is 4.06. The van der Waals surface area contributed by atoms with E-state index in [2.05, 4.69) is 46.9 Å². The molecule has 0 aliphatic heterocycles. The first-order valence-corrected chi connectivity index (χ1v) is 19.8. The first-order chi connectivity index (χ1) is 22.8. The van der Waals surface area contributed by atoms with Crippen LogP contribution in [-0.4, -0.2) is 30.7 Å². The Hall–Kier alpha value is -2.58. The minimum Gasteiger partial charge on any atom is -0.492 e. The Morgan fingerprint density at radius 3 is 1.15 bits per heavy atom. The maximum absolute atomic E-state index is 6.71. The van der Waals surface area contributed by atoms with Gasteiger partial charge in [-0.2, -0.15) is 17.5 Å². The quantitative estimate of drug-likeness (QED) is 0.0484. The van der Waals surface area contributed by atoms with Gasteiger partial charge in [-0.05, 0) is 37.1 Å². The number of fused-ring (bicyclic) bond motifs is 6. The van der Waals surface area contributed by atoms with E-state index in [0.717, 1.165) is 68.0 Å². The number of hydrogen-bond donors (Lipinski definition) is 0. The zero-order valence-electron chi connectivity index (χ0n) is 28.3. The second kappa shape index (κ2) is 19.3. The first kappa shape index (κ1) is 34.7. The lowest BCUT2D eigenvalue weighted by Gasteiger charge is -2.18. The van der Waals surface area contributed by atoms with Crippen molar-refractivity contribution in [1.29, 1.82) is 0 Å². The summed E-state index contributed by atoms with van der Waals surface area (Å²) in [5.74, 6) is 1.75. The van der Waals surface area contributed by atoms with Crippen LogP contribution in [0.4, 0.5) is 0 Å². The van der Waals surface area contributed by atoms with Gasteiger partial charge >= 0.3 is 0 Å². The Kier molecular flexibility index (Phi) is 14.6. The van der Waals surface area contributed by atoms with E-state index in [9.17, 15) is 0 Å². The van der Waals surface area contributed by atoms with Crippen LogP contribution in [0.1, 0.15) is 142 Å². The van der Waals surface area contributed by atoms with Crippen LogP contribution in [-0.2, 0) is 0 Å². The summed E-state index contributed by atoms with van der Waals surface area (Å²) in [7, 11) is 0. The molecule has 5 aromatic rings. The Labute approximate surface area is 284 Å². The van der Waals surface area contributed by atoms with Gasteiger partial charge in [-0.1, -0.05) is 129 Å². The summed E-state index contributed by atoms with van der Waals surface area (Å²) >= 11 is 2.51. The van der Waals surface area contributed by atoms with Crippen molar-refractivity contribution in [3.8, 4) is 11.5 Å². The van der Waals surface area contributed by atoms with Gasteiger partial charge < -0.3 is 9.47 Å². The highest BCUT2D eigenvalue weighted by molar-refractivity contribution is 7.00. The van der Waals surface area contributed by atoms with E-state index in [1.54, 1.807) is 0 Å². The molecule has 2 aromatic heterocycles. The normalized spacial score (nSPS) is 11.9. The molecule has 0 aliphatic carbocycles. The van der Waals surface area contributed by atoms with Crippen molar-refractivity contribution in [3.05, 3.63) is 24.3 Å². The maximum atomic E-state index is 6.71. The number of ether oxygens (including phenoxy) is 2. The maximum Gasteiger partial charge on any atom is 0.137 e. The molecule has 0 amide bonds. The molecular weight excluding hydrogens is 609 g/mol. The number of nitrogens with zero attached hydrogens (tertiary/aromatic N) is 4. The second-order valence-electron chi connectivity index (χ2n) is 13.0. The Morgan fingerprint density at radius 1 is 0.435 bits per heavy atom. The zero-order valence-corrected chi connectivity index (χ0v) is 29.9. The molecule has 0 unspecified atom stereocenters. The summed E-state index contributed by atoms with van der Waals surface area (Å²) in [6, 6.07) is 8.40. The molecule has 0 saturated carbocycles. The van der Waals surface area contributed by atoms with Crippen LogP contribution in [0.25, 0.3) is 43.6 Å². The van der Waals surface area contributed by atoms with E-state index in [-0.39, 0.29) is 0 Å². The van der Waals surface area contributed by atoms with Gasteiger partial charge in [0.1, 0.15) is 33.6 Å². The topological polar surface area (TPSA) is 70.0 Å². The monoisotopic (exact) mass is 662 g/mol. The molecule has 0 radical (unpaired) electrons. The Morgan fingerprint density at radius 2 is 0.783 bits per heavy atom. The van der Waals surface area contributed by atoms with Crippen molar-refractivity contribution >= 4 is 67.1 Å².